The molecule has 0 saturated carbocycles. The number of amides is 1. The molecule has 7 nitrogen and oxygen atoms in total. The van der Waals surface area contributed by atoms with Gasteiger partial charge < -0.3 is 19.3 Å². The van der Waals surface area contributed by atoms with Crippen LogP contribution in [0.5, 0.6) is 5.75 Å². The Morgan fingerprint density at radius 2 is 1.89 bits per heavy atom. The molecular weight excluding hydrogens is 462 g/mol. The van der Waals surface area contributed by atoms with Crippen molar-refractivity contribution in [3.05, 3.63) is 54.1 Å². The number of benzene rings is 2. The number of likely N-dealkylation sites (tertiary alicyclic amines) is 1. The molecule has 1 amide bonds. The standard InChI is InChI=1S/C27H37NO6Si/c1-8-9-21-22-16-20(12-10-19(22)11-13-23(21)32-3)27(33-4)17-26(2,24(29)30)28(18-27)25(31)34-14-15-35(5,6)7/h8,10-13,16H,1,9,14-15,17-18H2,2-7H3,(H,29,30)/t26-,27-/m0/s1. The van der Waals surface area contributed by atoms with E-state index in [9.17, 15) is 14.7 Å². The first kappa shape index (κ1) is 26.8. The van der Waals surface area contributed by atoms with Crippen molar-refractivity contribution >= 4 is 30.9 Å². The largest absolute Gasteiger partial charge is 0.496 e. The van der Waals surface area contributed by atoms with E-state index in [0.29, 0.717) is 6.42 Å². The van der Waals surface area contributed by atoms with E-state index in [1.54, 1.807) is 21.1 Å². The van der Waals surface area contributed by atoms with Gasteiger partial charge in [-0.25, -0.2) is 9.59 Å². The van der Waals surface area contributed by atoms with Crippen molar-refractivity contribution in [2.75, 3.05) is 27.4 Å². The molecule has 1 fully saturated rings. The summed E-state index contributed by atoms with van der Waals surface area (Å²) in [4.78, 5) is 26.8. The summed E-state index contributed by atoms with van der Waals surface area (Å²) in [5, 5.41) is 12.2. The first-order valence-corrected chi connectivity index (χ1v) is 15.6. The zero-order valence-electron chi connectivity index (χ0n) is 21.6. The quantitative estimate of drug-likeness (QED) is 0.365. The Kier molecular flexibility index (Phi) is 7.67. The summed E-state index contributed by atoms with van der Waals surface area (Å²) in [7, 11) is 1.78. The topological polar surface area (TPSA) is 85.3 Å². The Hall–Kier alpha value is -2.84. The maximum Gasteiger partial charge on any atom is 0.410 e. The van der Waals surface area contributed by atoms with E-state index in [0.717, 1.165) is 33.7 Å². The van der Waals surface area contributed by atoms with Gasteiger partial charge in [-0.1, -0.05) is 43.9 Å². The van der Waals surface area contributed by atoms with Gasteiger partial charge in [0.25, 0.3) is 0 Å². The van der Waals surface area contributed by atoms with Crippen molar-refractivity contribution in [1.82, 2.24) is 4.90 Å². The zero-order valence-corrected chi connectivity index (χ0v) is 22.6. The molecule has 0 aliphatic carbocycles. The van der Waals surface area contributed by atoms with Crippen LogP contribution in [0.1, 0.15) is 24.5 Å². The van der Waals surface area contributed by atoms with Crippen LogP contribution in [0.4, 0.5) is 4.79 Å². The highest BCUT2D eigenvalue weighted by atomic mass is 28.3. The second-order valence-electron chi connectivity index (χ2n) is 10.6. The minimum Gasteiger partial charge on any atom is -0.496 e. The minimum atomic E-state index is -1.47. The van der Waals surface area contributed by atoms with Crippen LogP contribution >= 0.6 is 0 Å². The molecule has 1 aliphatic heterocycles. The fourth-order valence-corrected chi connectivity index (χ4v) is 5.47. The Bertz CT molecular complexity index is 1130. The minimum absolute atomic E-state index is 0.0738. The van der Waals surface area contributed by atoms with Crippen LogP contribution in [0.3, 0.4) is 0 Å². The summed E-state index contributed by atoms with van der Waals surface area (Å²) in [5.74, 6) is -0.330. The van der Waals surface area contributed by atoms with Crippen LogP contribution in [0.25, 0.3) is 10.8 Å². The van der Waals surface area contributed by atoms with Crippen LogP contribution in [0.2, 0.25) is 25.7 Å². The SMILES string of the molecule is C=CCc1c(OC)ccc2ccc([C@@]3(OC)CN(C(=O)OCC[Si](C)(C)C)[C@](C)(C(=O)O)C3)cc12. The van der Waals surface area contributed by atoms with Crippen LogP contribution in [0, 0.1) is 0 Å². The molecule has 0 unspecified atom stereocenters. The molecule has 1 saturated heterocycles. The molecular formula is C27H37NO6Si. The van der Waals surface area contributed by atoms with Gasteiger partial charge in [0.1, 0.15) is 16.9 Å². The molecule has 1 N–H and O–H groups in total. The molecule has 190 valence electrons. The molecule has 0 spiro atoms. The number of rotatable bonds is 9. The lowest BCUT2D eigenvalue weighted by Crippen LogP contribution is -2.51. The van der Waals surface area contributed by atoms with E-state index in [2.05, 4.69) is 26.2 Å². The van der Waals surface area contributed by atoms with Crippen molar-refractivity contribution in [2.24, 2.45) is 0 Å². The predicted molar refractivity (Wildman–Crippen MR) is 140 cm³/mol. The Balaban J connectivity index is 2.04. The fraction of sp³-hybridized carbons (Fsp3) is 0.481. The lowest BCUT2D eigenvalue weighted by atomic mass is 9.84. The first-order valence-electron chi connectivity index (χ1n) is 11.8. The van der Waals surface area contributed by atoms with Gasteiger partial charge in [0.05, 0.1) is 20.3 Å². The van der Waals surface area contributed by atoms with Crippen molar-refractivity contribution in [3.8, 4) is 5.75 Å². The number of carbonyl (C=O) groups excluding carboxylic acids is 1. The van der Waals surface area contributed by atoms with Crippen molar-refractivity contribution in [3.63, 3.8) is 0 Å². The predicted octanol–water partition coefficient (Wildman–Crippen LogP) is 5.44. The van der Waals surface area contributed by atoms with E-state index >= 15 is 0 Å². The maximum absolute atomic E-state index is 13.1. The van der Waals surface area contributed by atoms with Crippen LogP contribution < -0.4 is 4.74 Å². The molecule has 0 aromatic heterocycles. The third-order valence-corrected chi connectivity index (χ3v) is 8.68. The van der Waals surface area contributed by atoms with E-state index < -0.39 is 31.3 Å². The molecule has 35 heavy (non-hydrogen) atoms. The van der Waals surface area contributed by atoms with Crippen molar-refractivity contribution in [2.45, 2.75) is 56.6 Å². The number of hydrogen-bond donors (Lipinski definition) is 1. The molecule has 1 heterocycles. The molecule has 2 aromatic carbocycles. The highest BCUT2D eigenvalue weighted by Gasteiger charge is 2.58. The second kappa shape index (κ2) is 10.0. The van der Waals surface area contributed by atoms with Crippen molar-refractivity contribution in [1.29, 1.82) is 0 Å². The third-order valence-electron chi connectivity index (χ3n) is 6.97. The summed E-state index contributed by atoms with van der Waals surface area (Å²) < 4.78 is 17.1. The Labute approximate surface area is 208 Å². The second-order valence-corrected chi connectivity index (χ2v) is 16.3. The third kappa shape index (κ3) is 5.23. The average molecular weight is 500 g/mol. The lowest BCUT2D eigenvalue weighted by molar-refractivity contribution is -0.148. The first-order chi connectivity index (χ1) is 16.4. The molecule has 2 aromatic rings. The number of ether oxygens (including phenoxy) is 3. The van der Waals surface area contributed by atoms with Crippen LogP contribution in [-0.4, -0.2) is 63.1 Å². The number of methoxy groups -OCH3 is 2. The number of hydrogen-bond acceptors (Lipinski definition) is 5. The molecule has 2 atom stereocenters. The highest BCUT2D eigenvalue weighted by Crippen LogP contribution is 2.46. The number of fused-ring (bicyclic) bond motifs is 1. The summed E-state index contributed by atoms with van der Waals surface area (Å²) in [6.07, 6.45) is 1.92. The number of allylic oxidation sites excluding steroid dienone is 1. The smallest absolute Gasteiger partial charge is 0.410 e. The molecule has 0 bridgehead atoms. The number of carboxylic acid groups (broad SMARTS) is 1. The van der Waals surface area contributed by atoms with E-state index in [-0.39, 0.29) is 19.6 Å². The normalized spacial score (nSPS) is 22.3. The Morgan fingerprint density at radius 1 is 1.20 bits per heavy atom. The number of carbonyl (C=O) groups is 2. The van der Waals surface area contributed by atoms with Gasteiger partial charge in [0.2, 0.25) is 0 Å². The number of nitrogens with zero attached hydrogens (tertiary/aromatic N) is 1. The van der Waals surface area contributed by atoms with Gasteiger partial charge in [-0.15, -0.1) is 6.58 Å². The summed E-state index contributed by atoms with van der Waals surface area (Å²) in [6, 6.07) is 10.7. The van der Waals surface area contributed by atoms with Gasteiger partial charge in [0, 0.05) is 27.2 Å². The summed E-state index contributed by atoms with van der Waals surface area (Å²) in [6.45, 7) is 12.4. The van der Waals surface area contributed by atoms with Gasteiger partial charge in [-0.3, -0.25) is 4.90 Å². The maximum atomic E-state index is 13.1. The number of aliphatic carboxylic acids is 1. The van der Waals surface area contributed by atoms with Gasteiger partial charge in [-0.2, -0.15) is 0 Å². The van der Waals surface area contributed by atoms with Crippen LogP contribution in [-0.2, 0) is 26.3 Å². The van der Waals surface area contributed by atoms with E-state index in [1.165, 1.54) is 4.90 Å². The summed E-state index contributed by atoms with van der Waals surface area (Å²) >= 11 is 0. The van der Waals surface area contributed by atoms with E-state index in [1.807, 2.05) is 36.4 Å². The average Bonchev–Trinajstić information content (AvgIpc) is 3.13. The van der Waals surface area contributed by atoms with Gasteiger partial charge >= 0.3 is 12.1 Å². The molecule has 3 rings (SSSR count). The van der Waals surface area contributed by atoms with Gasteiger partial charge in [-0.05, 0) is 47.9 Å². The van der Waals surface area contributed by atoms with Crippen LogP contribution in [0.15, 0.2) is 43.0 Å². The zero-order chi connectivity index (χ0) is 26.0. The lowest BCUT2D eigenvalue weighted by Gasteiger charge is -2.30. The highest BCUT2D eigenvalue weighted by molar-refractivity contribution is 6.76. The van der Waals surface area contributed by atoms with Crippen molar-refractivity contribution < 1.29 is 28.9 Å². The monoisotopic (exact) mass is 499 g/mol. The Morgan fingerprint density at radius 3 is 2.46 bits per heavy atom. The molecule has 0 radical (unpaired) electrons. The molecule has 1 aliphatic rings. The molecule has 8 heteroatoms. The summed E-state index contributed by atoms with van der Waals surface area (Å²) in [5.41, 5.74) is -0.682. The van der Waals surface area contributed by atoms with Gasteiger partial charge in [0.15, 0.2) is 0 Å². The van der Waals surface area contributed by atoms with E-state index in [4.69, 9.17) is 14.2 Å². The number of carboxylic acids is 1. The fourth-order valence-electron chi connectivity index (χ4n) is 4.76.